The number of halogens is 2. The smallest absolute Gasteiger partial charge is 0.242 e. The number of hydrogen-bond acceptors (Lipinski definition) is 2. The number of amides is 2. The molecule has 0 aliphatic rings. The summed E-state index contributed by atoms with van der Waals surface area (Å²) >= 11 is 12.5. The highest BCUT2D eigenvalue weighted by atomic mass is 35.5. The third kappa shape index (κ3) is 6.85. The lowest BCUT2D eigenvalue weighted by molar-refractivity contribution is -0.140. The van der Waals surface area contributed by atoms with Crippen LogP contribution in [0.1, 0.15) is 49.3 Å². The van der Waals surface area contributed by atoms with Gasteiger partial charge in [0.1, 0.15) is 6.04 Å². The van der Waals surface area contributed by atoms with Crippen LogP contribution < -0.4 is 5.32 Å². The van der Waals surface area contributed by atoms with Gasteiger partial charge in [0.25, 0.3) is 0 Å². The highest BCUT2D eigenvalue weighted by Gasteiger charge is 2.29. The monoisotopic (exact) mass is 496 g/mol. The predicted octanol–water partition coefficient (Wildman–Crippen LogP) is 6.46. The van der Waals surface area contributed by atoms with Crippen molar-refractivity contribution >= 4 is 35.0 Å². The van der Waals surface area contributed by atoms with Crippen LogP contribution in [0.2, 0.25) is 10.0 Å². The second-order valence-corrected chi connectivity index (χ2v) is 9.15. The van der Waals surface area contributed by atoms with Crippen molar-refractivity contribution in [3.05, 3.63) is 106 Å². The summed E-state index contributed by atoms with van der Waals surface area (Å²) in [6.07, 6.45) is 1.05. The zero-order chi connectivity index (χ0) is 24.5. The Morgan fingerprint density at radius 1 is 0.912 bits per heavy atom. The van der Waals surface area contributed by atoms with E-state index >= 15 is 0 Å². The molecule has 0 unspecified atom stereocenters. The fourth-order valence-electron chi connectivity index (χ4n) is 3.90. The van der Waals surface area contributed by atoms with Crippen molar-refractivity contribution < 1.29 is 9.59 Å². The van der Waals surface area contributed by atoms with Gasteiger partial charge in [0.15, 0.2) is 0 Å². The quantitative estimate of drug-likeness (QED) is 0.350. The lowest BCUT2D eigenvalue weighted by Crippen LogP contribution is -2.48. The Hall–Kier alpha value is -2.82. The zero-order valence-corrected chi connectivity index (χ0v) is 21.0. The summed E-state index contributed by atoms with van der Waals surface area (Å²) in [6, 6.07) is 24.5. The molecule has 3 aromatic carbocycles. The van der Waals surface area contributed by atoms with Gasteiger partial charge < -0.3 is 10.2 Å². The lowest BCUT2D eigenvalue weighted by Gasteiger charge is -2.31. The van der Waals surface area contributed by atoms with Crippen LogP contribution in [0.5, 0.6) is 0 Å². The van der Waals surface area contributed by atoms with Gasteiger partial charge in [-0.15, -0.1) is 0 Å². The first kappa shape index (κ1) is 25.8. The molecule has 1 N–H and O–H groups in total. The standard InChI is InChI=1S/C28H30Cl2N2O2/c1-3-16-31-28(34)20(2)32(19-23-14-15-24(29)17-26(23)30)27(33)18-25(21-10-6-4-7-11-21)22-12-8-5-9-13-22/h4-15,17,20,25H,3,16,18-19H2,1-2H3,(H,31,34)/t20-/m0/s1. The van der Waals surface area contributed by atoms with Crippen molar-refractivity contribution in [1.82, 2.24) is 10.2 Å². The maximum atomic E-state index is 13.8. The SMILES string of the molecule is CCCNC(=O)[C@H](C)N(Cc1ccc(Cl)cc1Cl)C(=O)CC(c1ccccc1)c1ccccc1. The second-order valence-electron chi connectivity index (χ2n) is 8.30. The molecule has 0 radical (unpaired) electrons. The number of nitrogens with zero attached hydrogens (tertiary/aromatic N) is 1. The number of carbonyl (C=O) groups is 2. The highest BCUT2D eigenvalue weighted by Crippen LogP contribution is 2.30. The Balaban J connectivity index is 1.92. The van der Waals surface area contributed by atoms with Gasteiger partial charge in [0, 0.05) is 35.5 Å². The summed E-state index contributed by atoms with van der Waals surface area (Å²) in [5.41, 5.74) is 2.84. The molecule has 0 aromatic heterocycles. The molecule has 0 bridgehead atoms. The van der Waals surface area contributed by atoms with E-state index in [2.05, 4.69) is 5.32 Å². The number of hydrogen-bond donors (Lipinski definition) is 1. The summed E-state index contributed by atoms with van der Waals surface area (Å²) in [6.45, 7) is 4.52. The van der Waals surface area contributed by atoms with Crippen molar-refractivity contribution in [2.75, 3.05) is 6.54 Å². The zero-order valence-electron chi connectivity index (χ0n) is 19.5. The van der Waals surface area contributed by atoms with Crippen LogP contribution >= 0.6 is 23.2 Å². The van der Waals surface area contributed by atoms with Gasteiger partial charge in [-0.1, -0.05) is 96.9 Å². The Kier molecular flexibility index (Phi) is 9.55. The van der Waals surface area contributed by atoms with Crippen LogP contribution in [0.25, 0.3) is 0 Å². The Morgan fingerprint density at radius 2 is 1.50 bits per heavy atom. The van der Waals surface area contributed by atoms with Crippen molar-refractivity contribution in [2.45, 2.75) is 45.2 Å². The van der Waals surface area contributed by atoms with Gasteiger partial charge in [-0.25, -0.2) is 0 Å². The molecule has 4 nitrogen and oxygen atoms in total. The summed E-state index contributed by atoms with van der Waals surface area (Å²) in [5, 5.41) is 3.90. The number of nitrogens with one attached hydrogen (secondary N) is 1. The van der Waals surface area contributed by atoms with Crippen LogP contribution in [0.3, 0.4) is 0 Å². The number of benzene rings is 3. The molecule has 0 aliphatic heterocycles. The van der Waals surface area contributed by atoms with E-state index in [1.54, 1.807) is 30.0 Å². The molecule has 3 rings (SSSR count). The van der Waals surface area contributed by atoms with Gasteiger partial charge in [-0.3, -0.25) is 9.59 Å². The fourth-order valence-corrected chi connectivity index (χ4v) is 4.37. The maximum Gasteiger partial charge on any atom is 0.242 e. The minimum atomic E-state index is -0.655. The van der Waals surface area contributed by atoms with E-state index in [1.165, 1.54) is 0 Å². The van der Waals surface area contributed by atoms with E-state index in [0.717, 1.165) is 23.1 Å². The Labute approximate surface area is 211 Å². The number of rotatable bonds is 10. The summed E-state index contributed by atoms with van der Waals surface area (Å²) in [7, 11) is 0. The molecule has 0 saturated heterocycles. The van der Waals surface area contributed by atoms with Gasteiger partial charge in [-0.2, -0.15) is 0 Å². The molecular formula is C28H30Cl2N2O2. The van der Waals surface area contributed by atoms with Crippen LogP contribution in [0.4, 0.5) is 0 Å². The average Bonchev–Trinajstić information content (AvgIpc) is 2.86. The molecule has 0 heterocycles. The van der Waals surface area contributed by atoms with Crippen molar-refractivity contribution in [1.29, 1.82) is 0 Å². The molecule has 0 saturated carbocycles. The largest absolute Gasteiger partial charge is 0.354 e. The first-order valence-corrected chi connectivity index (χ1v) is 12.3. The van der Waals surface area contributed by atoms with Crippen LogP contribution in [-0.4, -0.2) is 29.3 Å². The molecule has 0 aliphatic carbocycles. The van der Waals surface area contributed by atoms with Gasteiger partial charge in [0.05, 0.1) is 0 Å². The summed E-state index contributed by atoms with van der Waals surface area (Å²) in [4.78, 5) is 28.2. The number of carbonyl (C=O) groups excluding carboxylic acids is 2. The van der Waals surface area contributed by atoms with Gasteiger partial charge in [-0.05, 0) is 42.2 Å². The Morgan fingerprint density at radius 3 is 2.03 bits per heavy atom. The van der Waals surface area contributed by atoms with Crippen molar-refractivity contribution in [2.24, 2.45) is 0 Å². The minimum Gasteiger partial charge on any atom is -0.354 e. The first-order chi connectivity index (χ1) is 16.4. The van der Waals surface area contributed by atoms with Gasteiger partial charge >= 0.3 is 0 Å². The summed E-state index contributed by atoms with van der Waals surface area (Å²) in [5.74, 6) is -0.442. The fraction of sp³-hybridized carbons (Fsp3) is 0.286. The second kappa shape index (κ2) is 12.6. The van der Waals surface area contributed by atoms with Crippen molar-refractivity contribution in [3.63, 3.8) is 0 Å². The topological polar surface area (TPSA) is 49.4 Å². The average molecular weight is 497 g/mol. The van der Waals surface area contributed by atoms with Crippen LogP contribution in [0, 0.1) is 0 Å². The molecule has 0 spiro atoms. The maximum absolute atomic E-state index is 13.8. The van der Waals surface area contributed by atoms with E-state index < -0.39 is 6.04 Å². The molecule has 0 fully saturated rings. The van der Waals surface area contributed by atoms with Crippen molar-refractivity contribution in [3.8, 4) is 0 Å². The van der Waals surface area contributed by atoms with E-state index in [4.69, 9.17) is 23.2 Å². The lowest BCUT2D eigenvalue weighted by atomic mass is 9.88. The highest BCUT2D eigenvalue weighted by molar-refractivity contribution is 6.35. The van der Waals surface area contributed by atoms with E-state index in [9.17, 15) is 9.59 Å². The van der Waals surface area contributed by atoms with E-state index in [-0.39, 0.29) is 30.7 Å². The Bertz CT molecular complexity index is 1050. The van der Waals surface area contributed by atoms with Gasteiger partial charge in [0.2, 0.25) is 11.8 Å². The molecule has 3 aromatic rings. The summed E-state index contributed by atoms with van der Waals surface area (Å²) < 4.78 is 0. The van der Waals surface area contributed by atoms with E-state index in [0.29, 0.717) is 16.6 Å². The third-order valence-electron chi connectivity index (χ3n) is 5.85. The first-order valence-electron chi connectivity index (χ1n) is 11.5. The molecule has 6 heteroatoms. The predicted molar refractivity (Wildman–Crippen MR) is 139 cm³/mol. The third-order valence-corrected chi connectivity index (χ3v) is 6.44. The normalized spacial score (nSPS) is 11.8. The molecule has 34 heavy (non-hydrogen) atoms. The molecule has 178 valence electrons. The van der Waals surface area contributed by atoms with Crippen LogP contribution in [0.15, 0.2) is 78.9 Å². The van der Waals surface area contributed by atoms with E-state index in [1.807, 2.05) is 67.6 Å². The van der Waals surface area contributed by atoms with Crippen LogP contribution in [-0.2, 0) is 16.1 Å². The molecule has 2 amide bonds. The molecule has 1 atom stereocenters. The molecular weight excluding hydrogens is 467 g/mol. The minimum absolute atomic E-state index is 0.122.